The lowest BCUT2D eigenvalue weighted by atomic mass is 9.73. The van der Waals surface area contributed by atoms with Gasteiger partial charge in [0, 0.05) is 19.1 Å². The maximum atomic E-state index is 11.2. The molecule has 1 amide bonds. The summed E-state index contributed by atoms with van der Waals surface area (Å²) < 4.78 is 4.73. The van der Waals surface area contributed by atoms with E-state index in [1.165, 1.54) is 7.11 Å². The number of aliphatic hydroxyl groups excluding tert-OH is 1. The number of carbonyl (C=O) groups is 1. The van der Waals surface area contributed by atoms with Crippen molar-refractivity contribution in [2.24, 2.45) is 5.41 Å². The van der Waals surface area contributed by atoms with Crippen LogP contribution in [0, 0.1) is 5.41 Å². The van der Waals surface area contributed by atoms with Gasteiger partial charge in [0.2, 0.25) is 5.91 Å². The molecule has 1 rings (SSSR count). The van der Waals surface area contributed by atoms with Gasteiger partial charge >= 0.3 is 0 Å². The summed E-state index contributed by atoms with van der Waals surface area (Å²) in [7, 11) is 1.50. The minimum Gasteiger partial charge on any atom is -0.392 e. The van der Waals surface area contributed by atoms with E-state index in [0.717, 1.165) is 25.7 Å². The SMILES string of the molecule is COCC(=O)NC[C@@]1(C)CCCC[C@@H]1O. The normalized spacial score (nSPS) is 31.3. The first-order valence-electron chi connectivity index (χ1n) is 5.52. The summed E-state index contributed by atoms with van der Waals surface area (Å²) in [6, 6.07) is 0. The molecule has 1 aliphatic rings. The summed E-state index contributed by atoms with van der Waals surface area (Å²) in [5.41, 5.74) is -0.165. The number of aliphatic hydroxyl groups is 1. The second-order valence-corrected chi connectivity index (χ2v) is 4.63. The van der Waals surface area contributed by atoms with Crippen LogP contribution in [-0.4, -0.2) is 37.4 Å². The van der Waals surface area contributed by atoms with Crippen molar-refractivity contribution in [3.05, 3.63) is 0 Å². The number of rotatable bonds is 4. The summed E-state index contributed by atoms with van der Waals surface area (Å²) in [5, 5.41) is 12.7. The van der Waals surface area contributed by atoms with Crippen molar-refractivity contribution in [3.8, 4) is 0 Å². The lowest BCUT2D eigenvalue weighted by Gasteiger charge is -2.38. The average molecular weight is 215 g/mol. The lowest BCUT2D eigenvalue weighted by Crippen LogP contribution is -2.45. The van der Waals surface area contributed by atoms with Crippen LogP contribution in [0.4, 0.5) is 0 Å². The molecule has 4 heteroatoms. The molecule has 4 nitrogen and oxygen atoms in total. The molecule has 0 radical (unpaired) electrons. The van der Waals surface area contributed by atoms with Crippen molar-refractivity contribution in [1.29, 1.82) is 0 Å². The van der Waals surface area contributed by atoms with Crippen LogP contribution < -0.4 is 5.32 Å². The monoisotopic (exact) mass is 215 g/mol. The topological polar surface area (TPSA) is 58.6 Å². The fourth-order valence-corrected chi connectivity index (χ4v) is 2.07. The number of ether oxygens (including phenoxy) is 1. The van der Waals surface area contributed by atoms with Gasteiger partial charge in [0.15, 0.2) is 0 Å². The van der Waals surface area contributed by atoms with Crippen molar-refractivity contribution in [1.82, 2.24) is 5.32 Å². The van der Waals surface area contributed by atoms with Crippen LogP contribution in [-0.2, 0) is 9.53 Å². The second kappa shape index (κ2) is 5.47. The van der Waals surface area contributed by atoms with E-state index in [-0.39, 0.29) is 24.0 Å². The molecular formula is C11H21NO3. The molecule has 0 spiro atoms. The van der Waals surface area contributed by atoms with Crippen molar-refractivity contribution in [3.63, 3.8) is 0 Å². The van der Waals surface area contributed by atoms with Gasteiger partial charge in [-0.1, -0.05) is 19.8 Å². The van der Waals surface area contributed by atoms with Crippen LogP contribution in [0.1, 0.15) is 32.6 Å². The smallest absolute Gasteiger partial charge is 0.246 e. The van der Waals surface area contributed by atoms with E-state index >= 15 is 0 Å². The van der Waals surface area contributed by atoms with E-state index < -0.39 is 0 Å². The zero-order valence-electron chi connectivity index (χ0n) is 9.58. The second-order valence-electron chi connectivity index (χ2n) is 4.63. The molecule has 15 heavy (non-hydrogen) atoms. The Morgan fingerprint density at radius 2 is 2.33 bits per heavy atom. The Morgan fingerprint density at radius 3 is 2.93 bits per heavy atom. The molecule has 0 aromatic heterocycles. The number of amides is 1. The van der Waals surface area contributed by atoms with Crippen molar-refractivity contribution in [2.45, 2.75) is 38.7 Å². The third-order valence-electron chi connectivity index (χ3n) is 3.24. The molecule has 0 heterocycles. The van der Waals surface area contributed by atoms with Crippen molar-refractivity contribution in [2.75, 3.05) is 20.3 Å². The predicted octanol–water partition coefficient (Wildman–Crippen LogP) is 0.690. The van der Waals surface area contributed by atoms with E-state index in [4.69, 9.17) is 4.74 Å². The van der Waals surface area contributed by atoms with E-state index in [2.05, 4.69) is 5.32 Å². The van der Waals surface area contributed by atoms with Gasteiger partial charge in [-0.15, -0.1) is 0 Å². The average Bonchev–Trinajstić information content (AvgIpc) is 2.21. The highest BCUT2D eigenvalue weighted by Crippen LogP contribution is 2.35. The Kier molecular flexibility index (Phi) is 4.54. The Hall–Kier alpha value is -0.610. The zero-order valence-corrected chi connectivity index (χ0v) is 9.58. The van der Waals surface area contributed by atoms with Crippen LogP contribution in [0.5, 0.6) is 0 Å². The van der Waals surface area contributed by atoms with E-state index in [0.29, 0.717) is 6.54 Å². The molecule has 88 valence electrons. The number of carbonyl (C=O) groups excluding carboxylic acids is 1. The van der Waals surface area contributed by atoms with Gasteiger partial charge in [0.1, 0.15) is 6.61 Å². The van der Waals surface area contributed by atoms with Gasteiger partial charge in [-0.2, -0.15) is 0 Å². The molecule has 0 saturated heterocycles. The molecule has 1 fully saturated rings. The maximum Gasteiger partial charge on any atom is 0.246 e. The summed E-state index contributed by atoms with van der Waals surface area (Å²) >= 11 is 0. The van der Waals surface area contributed by atoms with Crippen LogP contribution in [0.3, 0.4) is 0 Å². The van der Waals surface area contributed by atoms with Gasteiger partial charge in [-0.05, 0) is 12.8 Å². The van der Waals surface area contributed by atoms with Crippen molar-refractivity contribution < 1.29 is 14.6 Å². The summed E-state index contributed by atoms with van der Waals surface area (Å²) in [5.74, 6) is -0.114. The third-order valence-corrected chi connectivity index (χ3v) is 3.24. The first kappa shape index (κ1) is 12.5. The van der Waals surface area contributed by atoms with Gasteiger partial charge < -0.3 is 15.2 Å². The summed E-state index contributed by atoms with van der Waals surface area (Å²) in [4.78, 5) is 11.2. The van der Waals surface area contributed by atoms with Crippen LogP contribution in [0.2, 0.25) is 0 Å². The fraction of sp³-hybridized carbons (Fsp3) is 0.909. The largest absolute Gasteiger partial charge is 0.392 e. The number of nitrogens with one attached hydrogen (secondary N) is 1. The molecule has 1 aliphatic carbocycles. The first-order valence-corrected chi connectivity index (χ1v) is 5.52. The zero-order chi connectivity index (χ0) is 11.3. The molecule has 0 aromatic rings. The third kappa shape index (κ3) is 3.47. The number of hydrogen-bond acceptors (Lipinski definition) is 3. The van der Waals surface area contributed by atoms with Gasteiger partial charge in [0.25, 0.3) is 0 Å². The van der Waals surface area contributed by atoms with Gasteiger partial charge in [-0.3, -0.25) is 4.79 Å². The Morgan fingerprint density at radius 1 is 1.60 bits per heavy atom. The number of methoxy groups -OCH3 is 1. The van der Waals surface area contributed by atoms with Gasteiger partial charge in [0.05, 0.1) is 6.10 Å². The molecule has 0 aromatic carbocycles. The molecule has 2 N–H and O–H groups in total. The van der Waals surface area contributed by atoms with Crippen molar-refractivity contribution >= 4 is 5.91 Å². The minimum atomic E-state index is -0.297. The summed E-state index contributed by atoms with van der Waals surface area (Å²) in [6.45, 7) is 2.66. The van der Waals surface area contributed by atoms with Gasteiger partial charge in [-0.25, -0.2) is 0 Å². The maximum absolute atomic E-state index is 11.2. The molecule has 1 saturated carbocycles. The Labute approximate surface area is 91.0 Å². The standard InChI is InChI=1S/C11H21NO3/c1-11(6-4-3-5-9(11)13)8-12-10(14)7-15-2/h9,13H,3-8H2,1-2H3,(H,12,14)/t9-,11+/m0/s1. The van der Waals surface area contributed by atoms with Crippen LogP contribution >= 0.6 is 0 Å². The van der Waals surface area contributed by atoms with Crippen LogP contribution in [0.15, 0.2) is 0 Å². The highest BCUT2D eigenvalue weighted by molar-refractivity contribution is 5.77. The molecule has 0 bridgehead atoms. The highest BCUT2D eigenvalue weighted by Gasteiger charge is 2.35. The Bertz CT molecular complexity index is 220. The highest BCUT2D eigenvalue weighted by atomic mass is 16.5. The molecule has 0 unspecified atom stereocenters. The molecule has 0 aliphatic heterocycles. The minimum absolute atomic E-state index is 0.0895. The predicted molar refractivity (Wildman–Crippen MR) is 57.5 cm³/mol. The molecular weight excluding hydrogens is 194 g/mol. The Balaban J connectivity index is 2.37. The first-order chi connectivity index (χ1) is 7.08. The molecule has 2 atom stereocenters. The van der Waals surface area contributed by atoms with Crippen LogP contribution in [0.25, 0.3) is 0 Å². The van der Waals surface area contributed by atoms with E-state index in [9.17, 15) is 9.90 Å². The summed E-state index contributed by atoms with van der Waals surface area (Å²) in [6.07, 6.45) is 3.74. The lowest BCUT2D eigenvalue weighted by molar-refractivity contribution is -0.125. The number of hydrogen-bond donors (Lipinski definition) is 2. The van der Waals surface area contributed by atoms with E-state index in [1.807, 2.05) is 6.92 Å². The quantitative estimate of drug-likeness (QED) is 0.725. The van der Waals surface area contributed by atoms with E-state index in [1.54, 1.807) is 0 Å². The fourth-order valence-electron chi connectivity index (χ4n) is 2.07.